The van der Waals surface area contributed by atoms with Crippen molar-refractivity contribution in [2.24, 2.45) is 5.92 Å². The average molecular weight is 351 g/mol. The van der Waals surface area contributed by atoms with Crippen molar-refractivity contribution >= 4 is 11.8 Å². The summed E-state index contributed by atoms with van der Waals surface area (Å²) in [6, 6.07) is -0.599. The van der Waals surface area contributed by atoms with Crippen LogP contribution in [0.1, 0.15) is 34.6 Å². The number of alkyl carbamates (subject to hydrolysis) is 1. The van der Waals surface area contributed by atoms with Crippen LogP contribution in [0, 0.1) is 29.4 Å². The Labute approximate surface area is 137 Å². The van der Waals surface area contributed by atoms with Gasteiger partial charge in [0, 0.05) is 6.54 Å². The highest BCUT2D eigenvalue weighted by Gasteiger charge is 2.24. The SMILES string of the molecule is CC(C)C(CNc1c(F)c(F)nc(F)c1F)NC(=O)OC(C)(C)C. The van der Waals surface area contributed by atoms with Gasteiger partial charge in [-0.05, 0) is 26.7 Å². The van der Waals surface area contributed by atoms with Crippen LogP contribution in [0.2, 0.25) is 0 Å². The van der Waals surface area contributed by atoms with Crippen LogP contribution in [-0.2, 0) is 4.74 Å². The number of halogens is 4. The van der Waals surface area contributed by atoms with Crippen molar-refractivity contribution in [2.45, 2.75) is 46.3 Å². The molecular formula is C15H21F4N3O2. The van der Waals surface area contributed by atoms with Crippen molar-refractivity contribution in [3.05, 3.63) is 23.5 Å². The fraction of sp³-hybridized carbons (Fsp3) is 0.600. The predicted molar refractivity (Wildman–Crippen MR) is 80.6 cm³/mol. The van der Waals surface area contributed by atoms with Gasteiger partial charge in [-0.15, -0.1) is 0 Å². The predicted octanol–water partition coefficient (Wildman–Crippen LogP) is 3.60. The molecule has 1 unspecified atom stereocenters. The molecule has 0 spiro atoms. The summed E-state index contributed by atoms with van der Waals surface area (Å²) < 4.78 is 58.4. The average Bonchev–Trinajstić information content (AvgIpc) is 2.41. The van der Waals surface area contributed by atoms with E-state index >= 15 is 0 Å². The molecule has 2 N–H and O–H groups in total. The maximum Gasteiger partial charge on any atom is 0.407 e. The van der Waals surface area contributed by atoms with Gasteiger partial charge < -0.3 is 15.4 Å². The summed E-state index contributed by atoms with van der Waals surface area (Å²) in [6.07, 6.45) is -0.712. The highest BCUT2D eigenvalue weighted by Crippen LogP contribution is 2.22. The molecule has 9 heteroatoms. The van der Waals surface area contributed by atoms with Crippen LogP contribution in [0.4, 0.5) is 28.0 Å². The first-order valence-electron chi connectivity index (χ1n) is 7.35. The minimum atomic E-state index is -1.75. The largest absolute Gasteiger partial charge is 0.444 e. The summed E-state index contributed by atoms with van der Waals surface area (Å²) in [6.45, 7) is 8.38. The molecule has 0 aliphatic rings. The van der Waals surface area contributed by atoms with E-state index in [0.29, 0.717) is 0 Å². The lowest BCUT2D eigenvalue weighted by atomic mass is 10.0. The topological polar surface area (TPSA) is 63.2 Å². The second kappa shape index (κ2) is 7.67. The first-order valence-corrected chi connectivity index (χ1v) is 7.35. The zero-order valence-corrected chi connectivity index (χ0v) is 14.1. The molecule has 0 aromatic carbocycles. The van der Waals surface area contributed by atoms with Crippen LogP contribution in [0.15, 0.2) is 0 Å². The number of carbonyl (C=O) groups excluding carboxylic acids is 1. The Morgan fingerprint density at radius 3 is 2.04 bits per heavy atom. The van der Waals surface area contributed by atoms with E-state index < -0.39 is 47.0 Å². The van der Waals surface area contributed by atoms with Crippen LogP contribution < -0.4 is 10.6 Å². The third-order valence-electron chi connectivity index (χ3n) is 3.00. The van der Waals surface area contributed by atoms with Crippen molar-refractivity contribution in [3.63, 3.8) is 0 Å². The van der Waals surface area contributed by atoms with Gasteiger partial charge in [0.25, 0.3) is 11.9 Å². The molecule has 5 nitrogen and oxygen atoms in total. The number of hydrogen-bond acceptors (Lipinski definition) is 4. The highest BCUT2D eigenvalue weighted by molar-refractivity contribution is 5.68. The van der Waals surface area contributed by atoms with E-state index in [0.717, 1.165) is 0 Å². The highest BCUT2D eigenvalue weighted by atomic mass is 19.2. The smallest absolute Gasteiger partial charge is 0.407 e. The Kier molecular flexibility index (Phi) is 6.39. The second-order valence-electron chi connectivity index (χ2n) is 6.57. The maximum absolute atomic E-state index is 13.6. The van der Waals surface area contributed by atoms with Crippen molar-refractivity contribution < 1.29 is 27.1 Å². The van der Waals surface area contributed by atoms with E-state index in [4.69, 9.17) is 4.74 Å². The zero-order valence-electron chi connectivity index (χ0n) is 14.1. The number of anilines is 1. The molecular weight excluding hydrogens is 330 g/mol. The first kappa shape index (κ1) is 20.0. The summed E-state index contributed by atoms with van der Waals surface area (Å²) >= 11 is 0. The maximum atomic E-state index is 13.6. The van der Waals surface area contributed by atoms with E-state index in [2.05, 4.69) is 15.6 Å². The lowest BCUT2D eigenvalue weighted by Gasteiger charge is -2.26. The third kappa shape index (κ3) is 5.54. The van der Waals surface area contributed by atoms with E-state index in [1.165, 1.54) is 0 Å². The van der Waals surface area contributed by atoms with Gasteiger partial charge in [-0.3, -0.25) is 0 Å². The van der Waals surface area contributed by atoms with Gasteiger partial charge in [-0.2, -0.15) is 22.5 Å². The summed E-state index contributed by atoms with van der Waals surface area (Å²) in [7, 11) is 0. The molecule has 1 aromatic rings. The van der Waals surface area contributed by atoms with Crippen LogP contribution in [0.3, 0.4) is 0 Å². The number of amides is 1. The van der Waals surface area contributed by atoms with E-state index in [-0.39, 0.29) is 12.5 Å². The number of ether oxygens (including phenoxy) is 1. The Bertz CT molecular complexity index is 577. The summed E-state index contributed by atoms with van der Waals surface area (Å²) in [5.74, 6) is -6.91. The lowest BCUT2D eigenvalue weighted by molar-refractivity contribution is 0.0494. The number of hydrogen-bond donors (Lipinski definition) is 2. The second-order valence-corrected chi connectivity index (χ2v) is 6.57. The van der Waals surface area contributed by atoms with Gasteiger partial charge in [-0.1, -0.05) is 13.8 Å². The molecule has 0 fully saturated rings. The number of aromatic nitrogens is 1. The van der Waals surface area contributed by atoms with Gasteiger partial charge in [-0.25, -0.2) is 4.79 Å². The normalized spacial score (nSPS) is 12.9. The number of nitrogens with zero attached hydrogens (tertiary/aromatic N) is 1. The van der Waals surface area contributed by atoms with Crippen LogP contribution >= 0.6 is 0 Å². The molecule has 0 aliphatic heterocycles. The fourth-order valence-corrected chi connectivity index (χ4v) is 1.77. The number of carbonyl (C=O) groups is 1. The standard InChI is InChI=1S/C15H21F4N3O2/c1-7(2)8(21-14(23)24-15(3,4)5)6-20-11-9(16)12(18)22-13(19)10(11)17/h7-8H,6H2,1-5H3,(H,20,22)(H,21,23). The van der Waals surface area contributed by atoms with Crippen LogP contribution in [-0.4, -0.2) is 29.3 Å². The Morgan fingerprint density at radius 2 is 1.62 bits per heavy atom. The van der Waals surface area contributed by atoms with E-state index in [1.807, 2.05) is 0 Å². The summed E-state index contributed by atoms with van der Waals surface area (Å²) in [5.41, 5.74) is -1.69. The lowest BCUT2D eigenvalue weighted by Crippen LogP contribution is -2.45. The Hall–Kier alpha value is -2.06. The quantitative estimate of drug-likeness (QED) is 0.628. The molecule has 0 aliphatic carbocycles. The molecule has 0 radical (unpaired) electrons. The molecule has 1 rings (SSSR count). The molecule has 24 heavy (non-hydrogen) atoms. The molecule has 1 aromatic heterocycles. The zero-order chi connectivity index (χ0) is 18.7. The monoisotopic (exact) mass is 351 g/mol. The minimum Gasteiger partial charge on any atom is -0.444 e. The minimum absolute atomic E-state index is 0.146. The fourth-order valence-electron chi connectivity index (χ4n) is 1.77. The summed E-state index contributed by atoms with van der Waals surface area (Å²) in [5, 5.41) is 4.81. The van der Waals surface area contributed by atoms with E-state index in [1.54, 1.807) is 34.6 Å². The molecule has 136 valence electrons. The van der Waals surface area contributed by atoms with Gasteiger partial charge in [0.2, 0.25) is 11.6 Å². The number of rotatable bonds is 5. The number of nitrogens with one attached hydrogen (secondary N) is 2. The molecule has 1 heterocycles. The van der Waals surface area contributed by atoms with Gasteiger partial charge in [0.1, 0.15) is 11.3 Å². The molecule has 0 saturated carbocycles. The molecule has 1 amide bonds. The summed E-state index contributed by atoms with van der Waals surface area (Å²) in [4.78, 5) is 14.3. The third-order valence-corrected chi connectivity index (χ3v) is 3.00. The Balaban J connectivity index is 2.84. The van der Waals surface area contributed by atoms with Crippen molar-refractivity contribution in [3.8, 4) is 0 Å². The first-order chi connectivity index (χ1) is 10.9. The van der Waals surface area contributed by atoms with Crippen molar-refractivity contribution in [1.82, 2.24) is 10.3 Å². The van der Waals surface area contributed by atoms with Gasteiger partial charge in [0.05, 0.1) is 6.04 Å². The molecule has 0 bridgehead atoms. The van der Waals surface area contributed by atoms with E-state index in [9.17, 15) is 22.4 Å². The van der Waals surface area contributed by atoms with Crippen molar-refractivity contribution in [1.29, 1.82) is 0 Å². The molecule has 0 saturated heterocycles. The Morgan fingerprint density at radius 1 is 1.12 bits per heavy atom. The van der Waals surface area contributed by atoms with Gasteiger partial charge in [0.15, 0.2) is 0 Å². The van der Waals surface area contributed by atoms with Crippen molar-refractivity contribution in [2.75, 3.05) is 11.9 Å². The number of pyridine rings is 1. The van der Waals surface area contributed by atoms with Crippen LogP contribution in [0.25, 0.3) is 0 Å². The molecule has 1 atom stereocenters. The van der Waals surface area contributed by atoms with Crippen LogP contribution in [0.5, 0.6) is 0 Å². The van der Waals surface area contributed by atoms with Gasteiger partial charge >= 0.3 is 6.09 Å².